The van der Waals surface area contributed by atoms with Crippen LogP contribution in [0, 0.1) is 11.3 Å². The van der Waals surface area contributed by atoms with Gasteiger partial charge in [0, 0.05) is 38.2 Å². The van der Waals surface area contributed by atoms with Crippen LogP contribution in [0.5, 0.6) is 0 Å². The van der Waals surface area contributed by atoms with Crippen LogP contribution in [0.15, 0.2) is 18.2 Å². The lowest BCUT2D eigenvalue weighted by molar-refractivity contribution is -0.136. The number of benzene rings is 1. The summed E-state index contributed by atoms with van der Waals surface area (Å²) in [7, 11) is 0. The van der Waals surface area contributed by atoms with Crippen molar-refractivity contribution in [3.63, 3.8) is 0 Å². The summed E-state index contributed by atoms with van der Waals surface area (Å²) in [6.45, 7) is 8.28. The first-order valence-electron chi connectivity index (χ1n) is 10.0. The number of nitrogens with zero attached hydrogens (tertiary/aromatic N) is 2. The molecule has 1 aromatic rings. The Labute approximate surface area is 165 Å². The van der Waals surface area contributed by atoms with Gasteiger partial charge in [-0.3, -0.25) is 24.6 Å². The smallest absolute Gasteiger partial charge is 0.255 e. The minimum absolute atomic E-state index is 0.118. The number of rotatable bonds is 4. The second kappa shape index (κ2) is 6.97. The Morgan fingerprint density at radius 3 is 2.75 bits per heavy atom. The lowest BCUT2D eigenvalue weighted by Gasteiger charge is -2.29. The number of piperidine rings is 1. The lowest BCUT2D eigenvalue weighted by atomic mass is 9.81. The van der Waals surface area contributed by atoms with Gasteiger partial charge in [-0.05, 0) is 41.5 Å². The zero-order valence-corrected chi connectivity index (χ0v) is 16.5. The van der Waals surface area contributed by atoms with E-state index in [1.54, 1.807) is 4.90 Å². The molecule has 0 aromatic heterocycles. The van der Waals surface area contributed by atoms with Gasteiger partial charge in [-0.15, -0.1) is 0 Å². The summed E-state index contributed by atoms with van der Waals surface area (Å²) in [5.41, 5.74) is 8.94. The zero-order chi connectivity index (χ0) is 20.1. The Hall–Kier alpha value is -2.25. The normalized spacial score (nSPS) is 30.7. The number of imide groups is 1. The van der Waals surface area contributed by atoms with Crippen molar-refractivity contribution in [3.05, 3.63) is 34.9 Å². The van der Waals surface area contributed by atoms with E-state index in [-0.39, 0.29) is 29.6 Å². The molecule has 0 saturated carbocycles. The van der Waals surface area contributed by atoms with E-state index < -0.39 is 6.04 Å². The summed E-state index contributed by atoms with van der Waals surface area (Å²) < 4.78 is 0. The van der Waals surface area contributed by atoms with Crippen molar-refractivity contribution in [3.8, 4) is 0 Å². The highest BCUT2D eigenvalue weighted by Gasteiger charge is 2.41. The van der Waals surface area contributed by atoms with Gasteiger partial charge in [0.25, 0.3) is 5.91 Å². The van der Waals surface area contributed by atoms with Gasteiger partial charge in [-0.1, -0.05) is 26.0 Å². The molecule has 0 radical (unpaired) electrons. The molecule has 3 amide bonds. The Kier molecular flexibility index (Phi) is 4.75. The van der Waals surface area contributed by atoms with E-state index in [1.165, 1.54) is 0 Å². The fourth-order valence-electron chi connectivity index (χ4n) is 4.76. The standard InChI is InChI=1S/C21H28N4O3/c1-13-8-24(12-21(13,2)11-22)9-14-4-3-5-15-16(14)10-25(20(15)28)17-6-7-18(26)23-19(17)27/h3-5,13,17H,6-12,22H2,1-2H3,(H,23,26,27)/t13-,17?,21-/m1/s1. The molecule has 28 heavy (non-hydrogen) atoms. The molecule has 0 spiro atoms. The second-order valence-electron chi connectivity index (χ2n) is 8.77. The highest BCUT2D eigenvalue weighted by Crippen LogP contribution is 2.36. The zero-order valence-electron chi connectivity index (χ0n) is 16.5. The monoisotopic (exact) mass is 384 g/mol. The molecule has 3 N–H and O–H groups in total. The van der Waals surface area contributed by atoms with E-state index in [2.05, 4.69) is 30.1 Å². The predicted octanol–water partition coefficient (Wildman–Crippen LogP) is 0.864. The molecule has 1 aromatic carbocycles. The van der Waals surface area contributed by atoms with Gasteiger partial charge in [-0.2, -0.15) is 0 Å². The number of likely N-dealkylation sites (tertiary alicyclic amines) is 1. The van der Waals surface area contributed by atoms with E-state index in [1.807, 2.05) is 12.1 Å². The van der Waals surface area contributed by atoms with Gasteiger partial charge in [0.1, 0.15) is 6.04 Å². The summed E-state index contributed by atoms with van der Waals surface area (Å²) >= 11 is 0. The number of nitrogens with one attached hydrogen (secondary N) is 1. The van der Waals surface area contributed by atoms with Crippen molar-refractivity contribution in [2.24, 2.45) is 17.1 Å². The van der Waals surface area contributed by atoms with Crippen LogP contribution in [-0.2, 0) is 22.7 Å². The number of hydrogen-bond acceptors (Lipinski definition) is 5. The van der Waals surface area contributed by atoms with Crippen molar-refractivity contribution in [2.75, 3.05) is 19.6 Å². The van der Waals surface area contributed by atoms with Crippen molar-refractivity contribution in [1.82, 2.24) is 15.1 Å². The Bertz CT molecular complexity index is 839. The molecule has 2 saturated heterocycles. The minimum Gasteiger partial charge on any atom is -0.330 e. The van der Waals surface area contributed by atoms with Crippen molar-refractivity contribution in [1.29, 1.82) is 0 Å². The third-order valence-electron chi connectivity index (χ3n) is 6.85. The molecule has 0 bridgehead atoms. The molecule has 1 unspecified atom stereocenters. The van der Waals surface area contributed by atoms with Crippen LogP contribution in [0.4, 0.5) is 0 Å². The van der Waals surface area contributed by atoms with Crippen molar-refractivity contribution < 1.29 is 14.4 Å². The molecule has 150 valence electrons. The molecular weight excluding hydrogens is 356 g/mol. The quantitative estimate of drug-likeness (QED) is 0.751. The molecule has 2 fully saturated rings. The van der Waals surface area contributed by atoms with Crippen molar-refractivity contribution in [2.45, 2.75) is 45.8 Å². The molecule has 3 aliphatic heterocycles. The fourth-order valence-corrected chi connectivity index (χ4v) is 4.76. The lowest BCUT2D eigenvalue weighted by Crippen LogP contribution is -2.52. The second-order valence-corrected chi connectivity index (χ2v) is 8.77. The first-order valence-corrected chi connectivity index (χ1v) is 10.0. The maximum Gasteiger partial charge on any atom is 0.255 e. The molecule has 3 heterocycles. The van der Waals surface area contributed by atoms with E-state index in [0.717, 1.165) is 30.8 Å². The molecule has 0 aliphatic carbocycles. The van der Waals surface area contributed by atoms with E-state index in [9.17, 15) is 14.4 Å². The largest absolute Gasteiger partial charge is 0.330 e. The summed E-state index contributed by atoms with van der Waals surface area (Å²) in [5, 5.41) is 2.36. The maximum absolute atomic E-state index is 12.9. The molecule has 7 nitrogen and oxygen atoms in total. The Morgan fingerprint density at radius 1 is 1.29 bits per heavy atom. The average Bonchev–Trinajstić information content (AvgIpc) is 3.13. The van der Waals surface area contributed by atoms with Crippen LogP contribution in [0.3, 0.4) is 0 Å². The maximum atomic E-state index is 12.9. The number of amides is 3. The highest BCUT2D eigenvalue weighted by atomic mass is 16.2. The third kappa shape index (κ3) is 3.12. The van der Waals surface area contributed by atoms with Gasteiger partial charge in [0.05, 0.1) is 0 Å². The Morgan fingerprint density at radius 2 is 2.07 bits per heavy atom. The summed E-state index contributed by atoms with van der Waals surface area (Å²) in [4.78, 5) is 40.7. The SMILES string of the molecule is C[C@@H]1CN(Cc2cccc3c2CN(C2CCC(=O)NC2=O)C3=O)C[C@@]1(C)CN. The van der Waals surface area contributed by atoms with Gasteiger partial charge >= 0.3 is 0 Å². The number of nitrogens with two attached hydrogens (primary N) is 1. The summed E-state index contributed by atoms with van der Waals surface area (Å²) in [6, 6.07) is 5.26. The number of carbonyl (C=O) groups is 3. The number of hydrogen-bond donors (Lipinski definition) is 2. The molecule has 3 aliphatic rings. The van der Waals surface area contributed by atoms with E-state index in [4.69, 9.17) is 5.73 Å². The van der Waals surface area contributed by atoms with Crippen LogP contribution < -0.4 is 11.1 Å². The van der Waals surface area contributed by atoms with Crippen LogP contribution in [0.25, 0.3) is 0 Å². The Balaban J connectivity index is 1.54. The molecule has 4 rings (SSSR count). The van der Waals surface area contributed by atoms with E-state index >= 15 is 0 Å². The minimum atomic E-state index is -0.571. The predicted molar refractivity (Wildman–Crippen MR) is 104 cm³/mol. The van der Waals surface area contributed by atoms with Gasteiger partial charge in [0.15, 0.2) is 0 Å². The number of fused-ring (bicyclic) bond motifs is 1. The summed E-state index contributed by atoms with van der Waals surface area (Å²) in [5.74, 6) is -0.230. The van der Waals surface area contributed by atoms with Gasteiger partial charge < -0.3 is 10.6 Å². The topological polar surface area (TPSA) is 95.7 Å². The molecule has 7 heteroatoms. The summed E-state index contributed by atoms with van der Waals surface area (Å²) in [6.07, 6.45) is 0.658. The molecule has 3 atom stereocenters. The van der Waals surface area contributed by atoms with E-state index in [0.29, 0.717) is 31.0 Å². The van der Waals surface area contributed by atoms with Crippen LogP contribution in [0.1, 0.15) is 48.2 Å². The van der Waals surface area contributed by atoms with Crippen LogP contribution >= 0.6 is 0 Å². The van der Waals surface area contributed by atoms with Crippen LogP contribution in [0.2, 0.25) is 0 Å². The average molecular weight is 384 g/mol. The van der Waals surface area contributed by atoms with Gasteiger partial charge in [0.2, 0.25) is 11.8 Å². The van der Waals surface area contributed by atoms with Gasteiger partial charge in [-0.25, -0.2) is 0 Å². The highest BCUT2D eigenvalue weighted by molar-refractivity contribution is 6.05. The fraction of sp³-hybridized carbons (Fsp3) is 0.571. The first-order chi connectivity index (χ1) is 13.3. The molecular formula is C21H28N4O3. The van der Waals surface area contributed by atoms with Crippen LogP contribution in [-0.4, -0.2) is 53.2 Å². The van der Waals surface area contributed by atoms with Crippen molar-refractivity contribution >= 4 is 17.7 Å². The first kappa shape index (κ1) is 19.1. The number of carbonyl (C=O) groups excluding carboxylic acids is 3. The third-order valence-corrected chi connectivity index (χ3v) is 6.85.